The van der Waals surface area contributed by atoms with Crippen LogP contribution in [0.3, 0.4) is 0 Å². The maximum atomic E-state index is 13.5. The number of amides is 1. The molecule has 0 saturated carbocycles. The Labute approximate surface area is 129 Å². The molecule has 0 bridgehead atoms. The van der Waals surface area contributed by atoms with Gasteiger partial charge in [0.2, 0.25) is 5.60 Å². The zero-order valence-electron chi connectivity index (χ0n) is 12.0. The van der Waals surface area contributed by atoms with Gasteiger partial charge in [0.1, 0.15) is 5.82 Å². The first-order chi connectivity index (χ1) is 10.7. The molecule has 1 atom stereocenters. The molecule has 0 aliphatic rings. The fourth-order valence-electron chi connectivity index (χ4n) is 2.30. The van der Waals surface area contributed by atoms with Crippen LogP contribution in [0.4, 0.5) is 13.2 Å². The van der Waals surface area contributed by atoms with Crippen LogP contribution in [0.15, 0.2) is 36.7 Å². The Morgan fingerprint density at radius 3 is 2.52 bits per heavy atom. The van der Waals surface area contributed by atoms with E-state index in [0.29, 0.717) is 0 Å². The van der Waals surface area contributed by atoms with Crippen LogP contribution in [0.2, 0.25) is 0 Å². The molecule has 0 saturated heterocycles. The minimum absolute atomic E-state index is 0.0816. The molecule has 1 amide bonds. The quantitative estimate of drug-likeness (QED) is 0.586. The maximum Gasteiger partial charge on any atom is 0.424 e. The first kappa shape index (κ1) is 17.0. The Morgan fingerprint density at radius 1 is 1.35 bits per heavy atom. The number of aliphatic hydroxyl groups is 1. The predicted octanol–water partition coefficient (Wildman–Crippen LogP) is 1.53. The van der Waals surface area contributed by atoms with Crippen molar-refractivity contribution >= 4 is 5.91 Å². The molecule has 0 spiro atoms. The fraction of sp³-hybridized carbons (Fsp3) is 0.286. The topological polar surface area (TPSA) is 87.4 Å². The van der Waals surface area contributed by atoms with Crippen molar-refractivity contribution in [2.24, 2.45) is 7.05 Å². The van der Waals surface area contributed by atoms with Crippen molar-refractivity contribution in [3.63, 3.8) is 0 Å². The van der Waals surface area contributed by atoms with E-state index in [2.05, 4.69) is 4.98 Å². The van der Waals surface area contributed by atoms with Gasteiger partial charge in [-0.25, -0.2) is 10.5 Å². The van der Waals surface area contributed by atoms with E-state index >= 15 is 0 Å². The molecule has 2 aromatic rings. The lowest BCUT2D eigenvalue weighted by Gasteiger charge is -2.30. The molecule has 23 heavy (non-hydrogen) atoms. The van der Waals surface area contributed by atoms with Gasteiger partial charge in [0.15, 0.2) is 0 Å². The van der Waals surface area contributed by atoms with E-state index < -0.39 is 29.9 Å². The summed E-state index contributed by atoms with van der Waals surface area (Å²) in [6.45, 7) is 0. The predicted molar refractivity (Wildman–Crippen MR) is 72.6 cm³/mol. The van der Waals surface area contributed by atoms with Gasteiger partial charge < -0.3 is 9.67 Å². The summed E-state index contributed by atoms with van der Waals surface area (Å²) in [7, 11) is 1.32. The Balaban J connectivity index is 2.54. The molecule has 1 unspecified atom stereocenters. The van der Waals surface area contributed by atoms with Crippen molar-refractivity contribution in [1.29, 1.82) is 0 Å². The number of nitrogens with zero attached hydrogens (tertiary/aromatic N) is 2. The van der Waals surface area contributed by atoms with E-state index in [9.17, 15) is 23.1 Å². The molecule has 2 rings (SSSR count). The highest BCUT2D eigenvalue weighted by atomic mass is 19.4. The highest BCUT2D eigenvalue weighted by molar-refractivity contribution is 5.94. The number of hydrogen-bond acceptors (Lipinski definition) is 4. The maximum absolute atomic E-state index is 13.5. The summed E-state index contributed by atoms with van der Waals surface area (Å²) in [6, 6.07) is 5.38. The highest BCUT2D eigenvalue weighted by Gasteiger charge is 2.57. The van der Waals surface area contributed by atoms with Gasteiger partial charge >= 0.3 is 6.18 Å². The minimum Gasteiger partial charge on any atom is -0.374 e. The van der Waals surface area contributed by atoms with Gasteiger partial charge in [-0.05, 0) is 11.6 Å². The number of hydrogen-bond donors (Lipinski definition) is 3. The molecule has 1 aromatic heterocycles. The van der Waals surface area contributed by atoms with Crippen molar-refractivity contribution in [3.8, 4) is 0 Å². The van der Waals surface area contributed by atoms with Crippen LogP contribution in [0.5, 0.6) is 0 Å². The largest absolute Gasteiger partial charge is 0.424 e. The first-order valence-corrected chi connectivity index (χ1v) is 6.50. The third kappa shape index (κ3) is 3.06. The van der Waals surface area contributed by atoms with E-state index in [-0.39, 0.29) is 11.1 Å². The molecule has 124 valence electrons. The fourth-order valence-corrected chi connectivity index (χ4v) is 2.30. The Bertz CT molecular complexity index is 715. The van der Waals surface area contributed by atoms with E-state index in [0.717, 1.165) is 10.8 Å². The molecular weight excluding hydrogens is 315 g/mol. The summed E-state index contributed by atoms with van der Waals surface area (Å²) in [4.78, 5) is 15.2. The Kier molecular flexibility index (Phi) is 4.44. The number of benzene rings is 1. The van der Waals surface area contributed by atoms with Crippen molar-refractivity contribution in [2.45, 2.75) is 18.2 Å². The zero-order chi connectivity index (χ0) is 17.3. The van der Waals surface area contributed by atoms with Crippen molar-refractivity contribution in [2.75, 3.05) is 0 Å². The van der Waals surface area contributed by atoms with Gasteiger partial charge in [0.25, 0.3) is 5.91 Å². The van der Waals surface area contributed by atoms with E-state index in [1.807, 2.05) is 0 Å². The third-order valence-electron chi connectivity index (χ3n) is 3.47. The van der Waals surface area contributed by atoms with Gasteiger partial charge in [-0.15, -0.1) is 0 Å². The summed E-state index contributed by atoms with van der Waals surface area (Å²) in [6.07, 6.45) is -3.53. The van der Waals surface area contributed by atoms with E-state index in [1.54, 1.807) is 0 Å². The molecular formula is C14H14F3N3O3. The number of aromatic nitrogens is 2. The number of nitrogens with one attached hydrogen (secondary N) is 1. The first-order valence-electron chi connectivity index (χ1n) is 6.50. The summed E-state index contributed by atoms with van der Waals surface area (Å²) in [5, 5.41) is 19.0. The molecule has 0 fully saturated rings. The van der Waals surface area contributed by atoms with Crippen LogP contribution in [0.1, 0.15) is 21.7 Å². The van der Waals surface area contributed by atoms with E-state index in [4.69, 9.17) is 5.21 Å². The molecule has 0 aliphatic carbocycles. The second kappa shape index (κ2) is 6.01. The number of alkyl halides is 3. The van der Waals surface area contributed by atoms with Crippen LogP contribution in [0.25, 0.3) is 0 Å². The van der Waals surface area contributed by atoms with E-state index in [1.165, 1.54) is 43.0 Å². The van der Waals surface area contributed by atoms with Crippen LogP contribution >= 0.6 is 0 Å². The summed E-state index contributed by atoms with van der Waals surface area (Å²) >= 11 is 0. The lowest BCUT2D eigenvalue weighted by Crippen LogP contribution is -2.46. The summed E-state index contributed by atoms with van der Waals surface area (Å²) < 4.78 is 41.5. The second-order valence-corrected chi connectivity index (χ2v) is 4.99. The molecule has 1 aromatic carbocycles. The molecule has 0 radical (unpaired) electrons. The molecule has 0 aliphatic heterocycles. The average Bonchev–Trinajstić information content (AvgIpc) is 2.92. The number of carbonyl (C=O) groups excluding carboxylic acids is 1. The summed E-state index contributed by atoms with van der Waals surface area (Å²) in [5.41, 5.74) is -2.17. The SMILES string of the molecule is Cn1ccnc1C(O)(Cc1ccccc1C(=O)NO)C(F)(F)F. The number of aryl methyl sites for hydroxylation is 1. The Morgan fingerprint density at radius 2 is 2.00 bits per heavy atom. The molecule has 6 nitrogen and oxygen atoms in total. The number of hydroxylamine groups is 1. The van der Waals surface area contributed by atoms with Gasteiger partial charge in [-0.2, -0.15) is 13.2 Å². The monoisotopic (exact) mass is 329 g/mol. The number of imidazole rings is 1. The lowest BCUT2D eigenvalue weighted by atomic mass is 9.90. The van der Waals surface area contributed by atoms with Crippen LogP contribution < -0.4 is 5.48 Å². The average molecular weight is 329 g/mol. The van der Waals surface area contributed by atoms with Gasteiger partial charge in [0, 0.05) is 31.4 Å². The van der Waals surface area contributed by atoms with Gasteiger partial charge in [0.05, 0.1) is 0 Å². The third-order valence-corrected chi connectivity index (χ3v) is 3.47. The second-order valence-electron chi connectivity index (χ2n) is 4.99. The minimum atomic E-state index is -5.02. The molecule has 1 heterocycles. The number of halogens is 3. The Hall–Kier alpha value is -2.39. The van der Waals surface area contributed by atoms with Crippen molar-refractivity contribution in [3.05, 3.63) is 53.6 Å². The standard InChI is InChI=1S/C14H14F3N3O3/c1-20-7-6-18-12(20)13(22,14(15,16)17)8-9-4-2-3-5-10(9)11(21)19-23/h2-7,22-23H,8H2,1H3,(H,19,21). The van der Waals surface area contributed by atoms with Crippen molar-refractivity contribution in [1.82, 2.24) is 15.0 Å². The van der Waals surface area contributed by atoms with Crippen LogP contribution in [0, 0.1) is 0 Å². The normalized spacial score (nSPS) is 14.3. The van der Waals surface area contributed by atoms with Crippen LogP contribution in [-0.2, 0) is 19.1 Å². The number of rotatable bonds is 4. The smallest absolute Gasteiger partial charge is 0.374 e. The van der Waals surface area contributed by atoms with Crippen LogP contribution in [-0.4, -0.2) is 31.9 Å². The molecule has 9 heteroatoms. The molecule has 3 N–H and O–H groups in total. The lowest BCUT2D eigenvalue weighted by molar-refractivity contribution is -0.270. The zero-order valence-corrected chi connectivity index (χ0v) is 12.0. The van der Waals surface area contributed by atoms with Gasteiger partial charge in [-0.1, -0.05) is 18.2 Å². The highest BCUT2D eigenvalue weighted by Crippen LogP contribution is 2.41. The van der Waals surface area contributed by atoms with Crippen molar-refractivity contribution < 1.29 is 28.3 Å². The number of carbonyl (C=O) groups is 1. The summed E-state index contributed by atoms with van der Waals surface area (Å²) in [5.74, 6) is -1.56. The van der Waals surface area contributed by atoms with Gasteiger partial charge in [-0.3, -0.25) is 10.0 Å².